The largest absolute Gasteiger partial charge is 0.436 e. The van der Waals surface area contributed by atoms with Crippen LogP contribution < -0.4 is 5.32 Å². The van der Waals surface area contributed by atoms with Crippen LogP contribution in [0, 0.1) is 11.8 Å². The van der Waals surface area contributed by atoms with E-state index in [4.69, 9.17) is 4.74 Å². The Labute approximate surface area is 114 Å². The lowest BCUT2D eigenvalue weighted by Crippen LogP contribution is -2.35. The summed E-state index contributed by atoms with van der Waals surface area (Å²) in [5, 5.41) is 2.51. The molecule has 6 heteroatoms. The van der Waals surface area contributed by atoms with E-state index in [0.717, 1.165) is 0 Å². The predicted octanol–water partition coefficient (Wildman–Crippen LogP) is -0.102. The zero-order chi connectivity index (χ0) is 14.3. The molecule has 0 aromatic heterocycles. The van der Waals surface area contributed by atoms with Crippen molar-refractivity contribution >= 4 is 12.0 Å². The summed E-state index contributed by atoms with van der Waals surface area (Å²) < 4.78 is 5.04. The molecular weight excluding hydrogens is 246 g/mol. The lowest BCUT2D eigenvalue weighted by atomic mass is 10.3. The van der Waals surface area contributed by atoms with E-state index in [9.17, 15) is 9.59 Å². The molecule has 1 heterocycles. The molecule has 0 spiro atoms. The first-order valence-corrected chi connectivity index (χ1v) is 6.38. The second-order valence-electron chi connectivity index (χ2n) is 4.56. The molecule has 1 aliphatic rings. The number of hydrogen-bond donors (Lipinski definition) is 1. The van der Waals surface area contributed by atoms with Gasteiger partial charge in [0.2, 0.25) is 0 Å². The fourth-order valence-corrected chi connectivity index (χ4v) is 1.66. The van der Waals surface area contributed by atoms with Crippen molar-refractivity contribution in [1.29, 1.82) is 0 Å². The molecule has 1 fully saturated rings. The van der Waals surface area contributed by atoms with Gasteiger partial charge in [0, 0.05) is 19.5 Å². The van der Waals surface area contributed by atoms with Crippen LogP contribution in [0.3, 0.4) is 0 Å². The lowest BCUT2D eigenvalue weighted by Gasteiger charge is -2.13. The highest BCUT2D eigenvalue weighted by molar-refractivity contribution is 5.85. The van der Waals surface area contributed by atoms with Crippen LogP contribution in [0.15, 0.2) is 0 Å². The Morgan fingerprint density at radius 1 is 1.53 bits per heavy atom. The Balaban J connectivity index is 2.38. The second-order valence-corrected chi connectivity index (χ2v) is 4.56. The number of carbonyl (C=O) groups excluding carboxylic acids is 2. The van der Waals surface area contributed by atoms with Crippen molar-refractivity contribution in [3.05, 3.63) is 0 Å². The minimum absolute atomic E-state index is 0.162. The molecule has 0 radical (unpaired) electrons. The van der Waals surface area contributed by atoms with Crippen LogP contribution in [-0.4, -0.2) is 68.2 Å². The number of alkyl carbamates (subject to hydrolysis) is 1. The smallest absolute Gasteiger partial charge is 0.407 e. The van der Waals surface area contributed by atoms with E-state index >= 15 is 0 Å². The van der Waals surface area contributed by atoms with Gasteiger partial charge in [-0.15, -0.1) is 0 Å². The SMILES string of the molecule is CCNC(=O)O[C@H]1CCN(CC#CCN(C)C)C1=O. The summed E-state index contributed by atoms with van der Waals surface area (Å²) in [6.07, 6.45) is -0.672. The normalized spacial score (nSPS) is 18.2. The summed E-state index contributed by atoms with van der Waals surface area (Å²) in [5.41, 5.74) is 0. The number of likely N-dealkylation sites (tertiary alicyclic amines) is 1. The van der Waals surface area contributed by atoms with Gasteiger partial charge in [0.15, 0.2) is 6.10 Å². The Morgan fingerprint density at radius 2 is 2.26 bits per heavy atom. The monoisotopic (exact) mass is 267 g/mol. The van der Waals surface area contributed by atoms with Crippen LogP contribution in [0.5, 0.6) is 0 Å². The van der Waals surface area contributed by atoms with Gasteiger partial charge in [-0.2, -0.15) is 0 Å². The van der Waals surface area contributed by atoms with Gasteiger partial charge in [-0.3, -0.25) is 9.69 Å². The summed E-state index contributed by atoms with van der Waals surface area (Å²) in [7, 11) is 3.87. The highest BCUT2D eigenvalue weighted by Gasteiger charge is 2.33. The molecule has 1 aliphatic heterocycles. The molecule has 0 saturated carbocycles. The fourth-order valence-electron chi connectivity index (χ4n) is 1.66. The number of ether oxygens (including phenoxy) is 1. The first-order chi connectivity index (χ1) is 9.04. The molecule has 0 aromatic rings. The fraction of sp³-hybridized carbons (Fsp3) is 0.692. The molecule has 0 bridgehead atoms. The number of amides is 2. The van der Waals surface area contributed by atoms with Crippen molar-refractivity contribution in [1.82, 2.24) is 15.1 Å². The summed E-state index contributed by atoms with van der Waals surface area (Å²) >= 11 is 0. The van der Waals surface area contributed by atoms with Gasteiger partial charge in [-0.05, 0) is 21.0 Å². The molecule has 1 rings (SSSR count). The van der Waals surface area contributed by atoms with E-state index < -0.39 is 12.2 Å². The van der Waals surface area contributed by atoms with Gasteiger partial charge in [0.1, 0.15) is 0 Å². The van der Waals surface area contributed by atoms with Crippen molar-refractivity contribution in [2.75, 3.05) is 40.3 Å². The maximum Gasteiger partial charge on any atom is 0.407 e. The van der Waals surface area contributed by atoms with Gasteiger partial charge in [0.25, 0.3) is 5.91 Å². The van der Waals surface area contributed by atoms with Gasteiger partial charge < -0.3 is 15.0 Å². The maximum atomic E-state index is 11.9. The average molecular weight is 267 g/mol. The molecule has 0 aromatic carbocycles. The molecule has 6 nitrogen and oxygen atoms in total. The average Bonchev–Trinajstić information content (AvgIpc) is 2.67. The molecule has 1 atom stereocenters. The lowest BCUT2D eigenvalue weighted by molar-refractivity contribution is -0.134. The van der Waals surface area contributed by atoms with Crippen molar-refractivity contribution in [2.45, 2.75) is 19.4 Å². The topological polar surface area (TPSA) is 61.9 Å². The Kier molecular flexibility index (Phi) is 6.16. The number of hydrogen-bond acceptors (Lipinski definition) is 4. The first kappa shape index (κ1) is 15.3. The van der Waals surface area contributed by atoms with E-state index in [-0.39, 0.29) is 5.91 Å². The van der Waals surface area contributed by atoms with Gasteiger partial charge in [-0.25, -0.2) is 4.79 Å². The van der Waals surface area contributed by atoms with Gasteiger partial charge >= 0.3 is 6.09 Å². The Hall–Kier alpha value is -1.74. The summed E-state index contributed by atoms with van der Waals surface area (Å²) in [4.78, 5) is 26.7. The van der Waals surface area contributed by atoms with E-state index in [0.29, 0.717) is 32.6 Å². The standard InChI is InChI=1S/C13H21N3O3/c1-4-14-13(18)19-11-7-10-16(12(11)17)9-6-5-8-15(2)3/h11H,4,7-10H2,1-3H3,(H,14,18)/t11-/m0/s1. The van der Waals surface area contributed by atoms with Crippen LogP contribution in [0.25, 0.3) is 0 Å². The molecule has 106 valence electrons. The highest BCUT2D eigenvalue weighted by atomic mass is 16.6. The number of carbonyl (C=O) groups is 2. The molecule has 2 amide bonds. The van der Waals surface area contributed by atoms with Crippen molar-refractivity contribution < 1.29 is 14.3 Å². The van der Waals surface area contributed by atoms with E-state index in [1.165, 1.54) is 0 Å². The number of nitrogens with zero attached hydrogens (tertiary/aromatic N) is 2. The Bertz CT molecular complexity index is 384. The third kappa shape index (κ3) is 5.18. The Morgan fingerprint density at radius 3 is 2.89 bits per heavy atom. The summed E-state index contributed by atoms with van der Waals surface area (Å²) in [6.45, 7) is 3.92. The third-order valence-electron chi connectivity index (χ3n) is 2.61. The summed E-state index contributed by atoms with van der Waals surface area (Å²) in [6, 6.07) is 0. The minimum Gasteiger partial charge on any atom is -0.436 e. The number of rotatable bonds is 4. The van der Waals surface area contributed by atoms with E-state index in [1.54, 1.807) is 11.8 Å². The van der Waals surface area contributed by atoms with Crippen LogP contribution in [0.1, 0.15) is 13.3 Å². The zero-order valence-corrected chi connectivity index (χ0v) is 11.7. The molecule has 1 N–H and O–H groups in total. The van der Waals surface area contributed by atoms with Crippen molar-refractivity contribution in [2.24, 2.45) is 0 Å². The molecule has 1 saturated heterocycles. The minimum atomic E-state index is -0.665. The molecule has 0 unspecified atom stereocenters. The first-order valence-electron chi connectivity index (χ1n) is 6.38. The maximum absolute atomic E-state index is 11.9. The van der Waals surface area contributed by atoms with Crippen LogP contribution in [-0.2, 0) is 9.53 Å². The van der Waals surface area contributed by atoms with Gasteiger partial charge in [0.05, 0.1) is 13.1 Å². The van der Waals surface area contributed by atoms with Crippen LogP contribution in [0.2, 0.25) is 0 Å². The van der Waals surface area contributed by atoms with E-state index in [1.807, 2.05) is 19.0 Å². The van der Waals surface area contributed by atoms with Crippen LogP contribution >= 0.6 is 0 Å². The van der Waals surface area contributed by atoms with E-state index in [2.05, 4.69) is 17.2 Å². The molecule has 0 aliphatic carbocycles. The number of nitrogens with one attached hydrogen (secondary N) is 1. The molecule has 19 heavy (non-hydrogen) atoms. The summed E-state index contributed by atoms with van der Waals surface area (Å²) in [5.74, 6) is 5.75. The zero-order valence-electron chi connectivity index (χ0n) is 11.7. The molecular formula is C13H21N3O3. The third-order valence-corrected chi connectivity index (χ3v) is 2.61. The van der Waals surface area contributed by atoms with Gasteiger partial charge in [-0.1, -0.05) is 11.8 Å². The predicted molar refractivity (Wildman–Crippen MR) is 71.5 cm³/mol. The van der Waals surface area contributed by atoms with Crippen molar-refractivity contribution in [3.8, 4) is 11.8 Å². The second kappa shape index (κ2) is 7.64. The quantitative estimate of drug-likeness (QED) is 0.723. The van der Waals surface area contributed by atoms with Crippen molar-refractivity contribution in [3.63, 3.8) is 0 Å². The highest BCUT2D eigenvalue weighted by Crippen LogP contribution is 2.13. The van der Waals surface area contributed by atoms with Crippen LogP contribution in [0.4, 0.5) is 4.79 Å².